The van der Waals surface area contributed by atoms with Gasteiger partial charge in [-0.15, -0.1) is 0 Å². The quantitative estimate of drug-likeness (QED) is 0.674. The van der Waals surface area contributed by atoms with E-state index in [1.54, 1.807) is 11.8 Å². The fourth-order valence-corrected chi connectivity index (χ4v) is 1.45. The summed E-state index contributed by atoms with van der Waals surface area (Å²) in [6.07, 6.45) is 3.08. The van der Waals surface area contributed by atoms with Crippen molar-refractivity contribution in [3.8, 4) is 0 Å². The van der Waals surface area contributed by atoms with Crippen molar-refractivity contribution < 1.29 is 4.79 Å². The van der Waals surface area contributed by atoms with Crippen LogP contribution in [0.3, 0.4) is 0 Å². The topological polar surface area (TPSA) is 55.1 Å². The molecule has 0 bridgehead atoms. The lowest BCUT2D eigenvalue weighted by Crippen LogP contribution is -2.39. The highest BCUT2D eigenvalue weighted by atomic mass is 32.2. The number of nitrogens with one attached hydrogen (secondary N) is 1. The third-order valence-corrected chi connectivity index (χ3v) is 2.59. The van der Waals surface area contributed by atoms with Crippen molar-refractivity contribution in [2.45, 2.75) is 26.3 Å². The van der Waals surface area contributed by atoms with Crippen LogP contribution in [0.2, 0.25) is 0 Å². The molecule has 0 aliphatic carbocycles. The molecule has 0 radical (unpaired) electrons. The lowest BCUT2D eigenvalue weighted by atomic mass is 10.1. The molecule has 0 saturated heterocycles. The molecule has 4 heteroatoms. The molecule has 2 atom stereocenters. The van der Waals surface area contributed by atoms with Crippen molar-refractivity contribution in [3.63, 3.8) is 0 Å². The van der Waals surface area contributed by atoms with Gasteiger partial charge in [0.1, 0.15) is 0 Å². The summed E-state index contributed by atoms with van der Waals surface area (Å²) in [7, 11) is 0. The van der Waals surface area contributed by atoms with Gasteiger partial charge in [0.2, 0.25) is 5.91 Å². The monoisotopic (exact) mass is 204 g/mol. The zero-order valence-corrected chi connectivity index (χ0v) is 9.49. The van der Waals surface area contributed by atoms with Crippen molar-refractivity contribution >= 4 is 17.7 Å². The summed E-state index contributed by atoms with van der Waals surface area (Å²) < 4.78 is 0. The van der Waals surface area contributed by atoms with Gasteiger partial charge in [-0.25, -0.2) is 0 Å². The highest BCUT2D eigenvalue weighted by Crippen LogP contribution is 2.01. The van der Waals surface area contributed by atoms with E-state index in [1.807, 2.05) is 13.8 Å². The molecule has 0 aliphatic heterocycles. The molecule has 2 unspecified atom stereocenters. The summed E-state index contributed by atoms with van der Waals surface area (Å²) in [5.74, 6) is 1.08. The predicted octanol–water partition coefficient (Wildman–Crippen LogP) is 0.839. The second-order valence-corrected chi connectivity index (χ2v) is 4.31. The lowest BCUT2D eigenvalue weighted by Gasteiger charge is -2.15. The van der Waals surface area contributed by atoms with Crippen LogP contribution in [0.4, 0.5) is 0 Å². The van der Waals surface area contributed by atoms with E-state index in [1.165, 1.54) is 0 Å². The van der Waals surface area contributed by atoms with E-state index >= 15 is 0 Å². The SMILES string of the molecule is CSCCC(C)NC(=O)C(C)CN. The Morgan fingerprint density at radius 1 is 1.54 bits per heavy atom. The van der Waals surface area contributed by atoms with Crippen LogP contribution in [0.5, 0.6) is 0 Å². The molecule has 3 N–H and O–H groups in total. The molecular weight excluding hydrogens is 184 g/mol. The number of thioether (sulfide) groups is 1. The van der Waals surface area contributed by atoms with Gasteiger partial charge in [-0.2, -0.15) is 11.8 Å². The first-order valence-electron chi connectivity index (χ1n) is 4.61. The molecule has 0 aliphatic rings. The summed E-state index contributed by atoms with van der Waals surface area (Å²) in [5, 5.41) is 2.93. The van der Waals surface area contributed by atoms with Gasteiger partial charge in [0.05, 0.1) is 0 Å². The van der Waals surface area contributed by atoms with Crippen LogP contribution in [0.1, 0.15) is 20.3 Å². The van der Waals surface area contributed by atoms with E-state index < -0.39 is 0 Å². The Balaban J connectivity index is 3.64. The fourth-order valence-electron chi connectivity index (χ4n) is 0.859. The van der Waals surface area contributed by atoms with Gasteiger partial charge < -0.3 is 11.1 Å². The van der Waals surface area contributed by atoms with Crippen molar-refractivity contribution in [3.05, 3.63) is 0 Å². The molecule has 0 aromatic heterocycles. The van der Waals surface area contributed by atoms with Gasteiger partial charge >= 0.3 is 0 Å². The minimum absolute atomic E-state index is 0.0658. The zero-order chi connectivity index (χ0) is 10.3. The summed E-state index contributed by atoms with van der Waals surface area (Å²) in [6.45, 7) is 4.29. The molecule has 78 valence electrons. The summed E-state index contributed by atoms with van der Waals surface area (Å²) in [6, 6.07) is 0.258. The Kier molecular flexibility index (Phi) is 7.09. The molecule has 1 amide bonds. The van der Waals surface area contributed by atoms with Gasteiger partial charge in [-0.3, -0.25) is 4.79 Å². The number of amides is 1. The second kappa shape index (κ2) is 7.21. The number of hydrogen-bond donors (Lipinski definition) is 2. The van der Waals surface area contributed by atoms with Crippen molar-refractivity contribution in [2.75, 3.05) is 18.6 Å². The maximum atomic E-state index is 11.3. The molecule has 13 heavy (non-hydrogen) atoms. The number of hydrogen-bond acceptors (Lipinski definition) is 3. The van der Waals surface area contributed by atoms with Crippen LogP contribution >= 0.6 is 11.8 Å². The third-order valence-electron chi connectivity index (χ3n) is 1.94. The van der Waals surface area contributed by atoms with E-state index in [0.29, 0.717) is 6.54 Å². The highest BCUT2D eigenvalue weighted by Gasteiger charge is 2.12. The average Bonchev–Trinajstić information content (AvgIpc) is 2.13. The lowest BCUT2D eigenvalue weighted by molar-refractivity contribution is -0.124. The Bertz CT molecular complexity index is 153. The van der Waals surface area contributed by atoms with Gasteiger partial charge in [0.25, 0.3) is 0 Å². The van der Waals surface area contributed by atoms with Crippen LogP contribution in [-0.4, -0.2) is 30.5 Å². The van der Waals surface area contributed by atoms with Crippen LogP contribution in [-0.2, 0) is 4.79 Å². The summed E-state index contributed by atoms with van der Waals surface area (Å²) >= 11 is 1.80. The standard InChI is InChI=1S/C9H20N2OS/c1-7(6-10)9(12)11-8(2)4-5-13-3/h7-8H,4-6,10H2,1-3H3,(H,11,12). The van der Waals surface area contributed by atoms with Gasteiger partial charge in [-0.05, 0) is 25.4 Å². The number of carbonyl (C=O) groups is 1. The molecule has 0 rings (SSSR count). The first-order chi connectivity index (χ1) is 6.11. The van der Waals surface area contributed by atoms with Crippen molar-refractivity contribution in [1.29, 1.82) is 0 Å². The maximum absolute atomic E-state index is 11.3. The molecule has 0 spiro atoms. The molecule has 0 heterocycles. The average molecular weight is 204 g/mol. The summed E-state index contributed by atoms with van der Waals surface area (Å²) in [4.78, 5) is 11.3. The van der Waals surface area contributed by atoms with Crippen LogP contribution < -0.4 is 11.1 Å². The van der Waals surface area contributed by atoms with Crippen LogP contribution in [0, 0.1) is 5.92 Å². The van der Waals surface area contributed by atoms with Gasteiger partial charge in [0, 0.05) is 18.5 Å². The molecule has 0 fully saturated rings. The Morgan fingerprint density at radius 2 is 2.15 bits per heavy atom. The normalized spacial score (nSPS) is 15.1. The predicted molar refractivity (Wildman–Crippen MR) is 58.8 cm³/mol. The largest absolute Gasteiger partial charge is 0.353 e. The molecule has 0 aromatic rings. The fraction of sp³-hybridized carbons (Fsp3) is 0.889. The van der Waals surface area contributed by atoms with E-state index in [-0.39, 0.29) is 17.9 Å². The highest BCUT2D eigenvalue weighted by molar-refractivity contribution is 7.98. The minimum atomic E-state index is -0.0725. The molecule has 3 nitrogen and oxygen atoms in total. The number of nitrogens with two attached hydrogens (primary N) is 1. The second-order valence-electron chi connectivity index (χ2n) is 3.33. The Hall–Kier alpha value is -0.220. The first kappa shape index (κ1) is 12.8. The third kappa shape index (κ3) is 5.93. The van der Waals surface area contributed by atoms with Crippen molar-refractivity contribution in [2.24, 2.45) is 11.7 Å². The molecular formula is C9H20N2OS. The van der Waals surface area contributed by atoms with Gasteiger partial charge in [-0.1, -0.05) is 6.92 Å². The first-order valence-corrected chi connectivity index (χ1v) is 6.00. The smallest absolute Gasteiger partial charge is 0.224 e. The summed E-state index contributed by atoms with van der Waals surface area (Å²) in [5.41, 5.74) is 5.38. The van der Waals surface area contributed by atoms with E-state index in [2.05, 4.69) is 11.6 Å². The Labute approximate surface area is 84.8 Å². The van der Waals surface area contributed by atoms with E-state index in [9.17, 15) is 4.79 Å². The maximum Gasteiger partial charge on any atom is 0.224 e. The number of carbonyl (C=O) groups excluding carboxylic acids is 1. The van der Waals surface area contributed by atoms with E-state index in [4.69, 9.17) is 5.73 Å². The zero-order valence-electron chi connectivity index (χ0n) is 8.67. The Morgan fingerprint density at radius 3 is 2.62 bits per heavy atom. The van der Waals surface area contributed by atoms with Crippen LogP contribution in [0.15, 0.2) is 0 Å². The van der Waals surface area contributed by atoms with Crippen molar-refractivity contribution in [1.82, 2.24) is 5.32 Å². The van der Waals surface area contributed by atoms with E-state index in [0.717, 1.165) is 12.2 Å². The number of rotatable bonds is 6. The molecule has 0 saturated carbocycles. The minimum Gasteiger partial charge on any atom is -0.353 e. The van der Waals surface area contributed by atoms with Gasteiger partial charge in [0.15, 0.2) is 0 Å². The van der Waals surface area contributed by atoms with Crippen LogP contribution in [0.25, 0.3) is 0 Å². The molecule has 0 aromatic carbocycles.